The van der Waals surface area contributed by atoms with Crippen molar-refractivity contribution in [2.45, 2.75) is 26.2 Å². The van der Waals surface area contributed by atoms with E-state index < -0.39 is 0 Å². The van der Waals surface area contributed by atoms with E-state index in [0.29, 0.717) is 28.4 Å². The number of fused-ring (bicyclic) bond motifs is 8. The standard InChI is InChI=1S/C59H41N5O2.Pt/c1-59(2,3)40-33-34-60-55(35-40)64-54-37-44(31-32-52(54)63(58(64)65)41-19-8-5-9-20-41)66-43-22-14-21-42(36-43)61-38-62-56-45(39-17-6-4-7-18-39)27-15-28-50(56)48-25-12-10-23-46(48)47-24-11-13-26-49(47)51-29-16-30-53(61)57(51)62;/h4-35H,1-3H3;/q-2;. The molecule has 4 heterocycles. The molecule has 0 N–H and O–H groups in total. The fraction of sp³-hybridized carbons (Fsp3) is 0.0678. The summed E-state index contributed by atoms with van der Waals surface area (Å²) in [6.07, 6.45) is 5.60. The van der Waals surface area contributed by atoms with E-state index in [0.717, 1.165) is 72.6 Å². The minimum atomic E-state index is -0.248. The molecule has 326 valence electrons. The molecule has 0 radical (unpaired) electrons. The quantitative estimate of drug-likeness (QED) is 0.123. The Morgan fingerprint density at radius 2 is 1.15 bits per heavy atom. The number of hydrogen-bond donors (Lipinski definition) is 0. The number of nitrogens with zero attached hydrogens (tertiary/aromatic N) is 5. The van der Waals surface area contributed by atoms with E-state index >= 15 is 0 Å². The van der Waals surface area contributed by atoms with Crippen molar-refractivity contribution in [1.29, 1.82) is 0 Å². The molecule has 11 aromatic rings. The zero-order chi connectivity index (χ0) is 44.5. The van der Waals surface area contributed by atoms with Crippen LogP contribution in [0.5, 0.6) is 11.5 Å². The molecule has 0 saturated carbocycles. The van der Waals surface area contributed by atoms with E-state index in [4.69, 9.17) is 9.72 Å². The van der Waals surface area contributed by atoms with Gasteiger partial charge in [0.15, 0.2) is 0 Å². The first-order chi connectivity index (χ1) is 32.3. The van der Waals surface area contributed by atoms with Crippen LogP contribution in [0.3, 0.4) is 0 Å². The third kappa shape index (κ3) is 7.06. The molecular formula is C59H41N5O2Pt-2. The van der Waals surface area contributed by atoms with Gasteiger partial charge in [-0.25, -0.2) is 9.78 Å². The fourth-order valence-electron chi connectivity index (χ4n) is 9.43. The third-order valence-electron chi connectivity index (χ3n) is 12.5. The summed E-state index contributed by atoms with van der Waals surface area (Å²) in [5.41, 5.74) is 15.4. The van der Waals surface area contributed by atoms with Crippen molar-refractivity contribution >= 4 is 22.1 Å². The zero-order valence-corrected chi connectivity index (χ0v) is 39.1. The van der Waals surface area contributed by atoms with Crippen molar-refractivity contribution in [2.75, 3.05) is 0 Å². The van der Waals surface area contributed by atoms with E-state index in [9.17, 15) is 4.79 Å². The number of imidazole rings is 2. The number of rotatable bonds is 6. The van der Waals surface area contributed by atoms with Crippen LogP contribution in [0.25, 0.3) is 89.5 Å². The number of hydrogen-bond acceptors (Lipinski definition) is 3. The number of benzene rings is 8. The average molecular weight is 1050 g/mol. The van der Waals surface area contributed by atoms with Crippen LogP contribution < -0.4 is 15.0 Å². The topological polar surface area (TPSA) is 57.9 Å². The first-order valence-corrected chi connectivity index (χ1v) is 22.1. The molecule has 0 bridgehead atoms. The summed E-state index contributed by atoms with van der Waals surface area (Å²) in [5, 5.41) is 0. The van der Waals surface area contributed by atoms with E-state index in [1.807, 2.05) is 72.8 Å². The van der Waals surface area contributed by atoms with Gasteiger partial charge in [-0.1, -0.05) is 154 Å². The molecule has 0 unspecified atom stereocenters. The largest absolute Gasteiger partial charge is 0.510 e. The first-order valence-electron chi connectivity index (χ1n) is 22.1. The van der Waals surface area contributed by atoms with Crippen LogP contribution in [0, 0.1) is 18.5 Å². The minimum absolute atomic E-state index is 0. The van der Waals surface area contributed by atoms with Crippen molar-refractivity contribution in [2.24, 2.45) is 0 Å². The molecule has 3 aromatic heterocycles. The molecule has 0 fully saturated rings. The van der Waals surface area contributed by atoms with Gasteiger partial charge < -0.3 is 13.9 Å². The van der Waals surface area contributed by atoms with Crippen LogP contribution in [0.2, 0.25) is 0 Å². The molecule has 0 spiro atoms. The summed E-state index contributed by atoms with van der Waals surface area (Å²) < 4.78 is 14.3. The number of ether oxygens (including phenoxy) is 1. The number of pyridine rings is 1. The number of para-hydroxylation sites is 3. The fourth-order valence-corrected chi connectivity index (χ4v) is 9.43. The summed E-state index contributed by atoms with van der Waals surface area (Å²) in [6, 6.07) is 71.3. The predicted octanol–water partition coefficient (Wildman–Crippen LogP) is 12.9. The monoisotopic (exact) mass is 1050 g/mol. The van der Waals surface area contributed by atoms with Gasteiger partial charge in [0.2, 0.25) is 0 Å². The molecule has 1 aliphatic heterocycles. The molecule has 67 heavy (non-hydrogen) atoms. The van der Waals surface area contributed by atoms with Gasteiger partial charge in [-0.2, -0.15) is 12.1 Å². The molecule has 12 rings (SSSR count). The van der Waals surface area contributed by atoms with Crippen molar-refractivity contribution in [3.63, 3.8) is 0 Å². The summed E-state index contributed by atoms with van der Waals surface area (Å²) in [6.45, 7) is 6.44. The van der Waals surface area contributed by atoms with E-state index in [2.05, 4.69) is 164 Å². The van der Waals surface area contributed by atoms with Crippen molar-refractivity contribution < 1.29 is 30.4 Å². The Balaban J connectivity index is 0.00000494. The van der Waals surface area contributed by atoms with Crippen molar-refractivity contribution in [3.8, 4) is 78.9 Å². The summed E-state index contributed by atoms with van der Waals surface area (Å²) in [4.78, 5) is 19.2. The summed E-state index contributed by atoms with van der Waals surface area (Å²) >= 11 is 0. The van der Waals surface area contributed by atoms with Crippen LogP contribution >= 0.6 is 0 Å². The van der Waals surface area contributed by atoms with Crippen LogP contribution in [-0.2, 0) is 26.5 Å². The second-order valence-electron chi connectivity index (χ2n) is 17.6. The molecule has 8 aromatic carbocycles. The predicted molar refractivity (Wildman–Crippen MR) is 262 cm³/mol. The molecule has 8 heteroatoms. The molecule has 0 amide bonds. The van der Waals surface area contributed by atoms with E-state index in [1.165, 1.54) is 5.56 Å². The van der Waals surface area contributed by atoms with E-state index in [-0.39, 0.29) is 32.2 Å². The Bertz CT molecular complexity index is 3750. The summed E-state index contributed by atoms with van der Waals surface area (Å²) in [7, 11) is 0. The maximum Gasteiger partial charge on any atom is 0.326 e. The van der Waals surface area contributed by atoms with Gasteiger partial charge in [-0.15, -0.1) is 30.3 Å². The molecule has 0 aliphatic carbocycles. The van der Waals surface area contributed by atoms with Gasteiger partial charge in [0, 0.05) is 44.4 Å². The third-order valence-corrected chi connectivity index (χ3v) is 12.5. The maximum atomic E-state index is 14.5. The van der Waals surface area contributed by atoms with Gasteiger partial charge in [0.05, 0.1) is 16.7 Å². The van der Waals surface area contributed by atoms with Gasteiger partial charge in [0.25, 0.3) is 6.33 Å². The Morgan fingerprint density at radius 3 is 1.88 bits per heavy atom. The molecular weight excluding hydrogens is 1010 g/mol. The smallest absolute Gasteiger partial charge is 0.326 e. The minimum Gasteiger partial charge on any atom is -0.510 e. The molecule has 0 atom stereocenters. The van der Waals surface area contributed by atoms with Crippen LogP contribution in [0.15, 0.2) is 199 Å². The van der Waals surface area contributed by atoms with Gasteiger partial charge in [0.1, 0.15) is 5.82 Å². The zero-order valence-electron chi connectivity index (χ0n) is 36.8. The Hall–Kier alpha value is -7.86. The van der Waals surface area contributed by atoms with Crippen LogP contribution in [0.4, 0.5) is 0 Å². The number of aromatic nitrogens is 5. The first kappa shape index (κ1) is 41.8. The Morgan fingerprint density at radius 1 is 0.552 bits per heavy atom. The van der Waals surface area contributed by atoms with Crippen molar-refractivity contribution in [1.82, 2.24) is 18.7 Å². The Labute approximate surface area is 402 Å². The van der Waals surface area contributed by atoms with Crippen LogP contribution in [0.1, 0.15) is 26.3 Å². The SMILES string of the molecule is CC(C)(C)c1ccnc(-n2c(=O)n(-c3ccccc3)c3ccc(Oc4[c-]c(-n5[c-][n+]6c7c(cccc75)-c5ccccc5-c5ccccc5-c5cccc(-c7ccccc7)c5-6)ccc4)[c-]c32)c1.[Pt]. The van der Waals surface area contributed by atoms with Gasteiger partial charge in [-0.05, 0) is 96.5 Å². The maximum absolute atomic E-state index is 14.5. The average Bonchev–Trinajstić information content (AvgIpc) is 3.89. The second-order valence-corrected chi connectivity index (χ2v) is 17.6. The normalized spacial score (nSPS) is 11.7. The van der Waals surface area contributed by atoms with Gasteiger partial charge >= 0.3 is 5.69 Å². The molecule has 1 aliphatic rings. The van der Waals surface area contributed by atoms with Gasteiger partial charge in [-0.3, -0.25) is 9.13 Å². The summed E-state index contributed by atoms with van der Waals surface area (Å²) in [5.74, 6) is 1.43. The molecule has 7 nitrogen and oxygen atoms in total. The van der Waals surface area contributed by atoms with Crippen LogP contribution in [-0.4, -0.2) is 18.7 Å². The second kappa shape index (κ2) is 16.5. The Kier molecular flexibility index (Phi) is 10.3. The molecule has 0 saturated heterocycles. The van der Waals surface area contributed by atoms with E-state index in [1.54, 1.807) is 15.3 Å². The van der Waals surface area contributed by atoms with Crippen molar-refractivity contribution in [3.05, 3.63) is 229 Å².